The summed E-state index contributed by atoms with van der Waals surface area (Å²) in [7, 11) is 0. The lowest BCUT2D eigenvalue weighted by Gasteiger charge is -2.14. The van der Waals surface area contributed by atoms with E-state index in [2.05, 4.69) is 10.6 Å². The van der Waals surface area contributed by atoms with Gasteiger partial charge in [0.15, 0.2) is 0 Å². The molecule has 0 aromatic heterocycles. The van der Waals surface area contributed by atoms with Gasteiger partial charge in [0.1, 0.15) is 5.56 Å². The Hall–Kier alpha value is -1.70. The molecule has 1 heterocycles. The zero-order chi connectivity index (χ0) is 14.7. The molecule has 8 heteroatoms. The van der Waals surface area contributed by atoms with Gasteiger partial charge in [0.2, 0.25) is 0 Å². The Kier molecular flexibility index (Phi) is 4.53. The van der Waals surface area contributed by atoms with E-state index < -0.39 is 16.9 Å². The SMILES string of the molecule is O=C(NCC1CNCC1O)c1ccc(Cl)cc1[N+](=O)[O-]. The molecular weight excluding hydrogens is 286 g/mol. The fourth-order valence-corrected chi connectivity index (χ4v) is 2.26. The van der Waals surface area contributed by atoms with Crippen molar-refractivity contribution < 1.29 is 14.8 Å². The van der Waals surface area contributed by atoms with Crippen LogP contribution in [0.3, 0.4) is 0 Å². The van der Waals surface area contributed by atoms with Gasteiger partial charge in [-0.15, -0.1) is 0 Å². The molecule has 20 heavy (non-hydrogen) atoms. The van der Waals surface area contributed by atoms with E-state index in [0.717, 1.165) is 6.07 Å². The van der Waals surface area contributed by atoms with E-state index >= 15 is 0 Å². The Balaban J connectivity index is 2.07. The molecule has 1 aliphatic rings. The summed E-state index contributed by atoms with van der Waals surface area (Å²) in [5.74, 6) is -0.641. The van der Waals surface area contributed by atoms with Crippen molar-refractivity contribution in [2.75, 3.05) is 19.6 Å². The normalized spacial score (nSPS) is 21.7. The Morgan fingerprint density at radius 3 is 2.90 bits per heavy atom. The van der Waals surface area contributed by atoms with Crippen LogP contribution in [-0.2, 0) is 0 Å². The van der Waals surface area contributed by atoms with Crippen LogP contribution in [0.1, 0.15) is 10.4 Å². The number of hydrogen-bond donors (Lipinski definition) is 3. The van der Waals surface area contributed by atoms with E-state index in [4.69, 9.17) is 11.6 Å². The number of nitro groups is 1. The molecule has 2 atom stereocenters. The third kappa shape index (κ3) is 3.24. The molecule has 1 aromatic carbocycles. The number of halogens is 1. The highest BCUT2D eigenvalue weighted by atomic mass is 35.5. The van der Waals surface area contributed by atoms with Crippen LogP contribution in [0.2, 0.25) is 5.02 Å². The van der Waals surface area contributed by atoms with Crippen LogP contribution in [0.4, 0.5) is 5.69 Å². The van der Waals surface area contributed by atoms with E-state index in [9.17, 15) is 20.0 Å². The molecule has 7 nitrogen and oxygen atoms in total. The number of nitrogens with zero attached hydrogens (tertiary/aromatic N) is 1. The predicted molar refractivity (Wildman–Crippen MR) is 72.8 cm³/mol. The van der Waals surface area contributed by atoms with Crippen LogP contribution in [0.5, 0.6) is 0 Å². The van der Waals surface area contributed by atoms with E-state index in [0.29, 0.717) is 13.1 Å². The highest BCUT2D eigenvalue weighted by Crippen LogP contribution is 2.23. The molecule has 0 radical (unpaired) electrons. The predicted octanol–water partition coefficient (Wildman–Crippen LogP) is 0.558. The third-order valence-corrected chi connectivity index (χ3v) is 3.47. The third-order valence-electron chi connectivity index (χ3n) is 3.23. The summed E-state index contributed by atoms with van der Waals surface area (Å²) in [6.45, 7) is 1.35. The van der Waals surface area contributed by atoms with Gasteiger partial charge in [0.25, 0.3) is 11.6 Å². The lowest BCUT2D eigenvalue weighted by molar-refractivity contribution is -0.385. The summed E-state index contributed by atoms with van der Waals surface area (Å²) in [4.78, 5) is 22.2. The first-order chi connectivity index (χ1) is 9.49. The number of β-amino-alcohol motifs (C(OH)–C–C–N with tert-alkyl or cyclic N) is 1. The number of nitrogens with one attached hydrogen (secondary N) is 2. The van der Waals surface area contributed by atoms with Crippen molar-refractivity contribution in [2.45, 2.75) is 6.10 Å². The van der Waals surface area contributed by atoms with E-state index in [1.165, 1.54) is 12.1 Å². The first kappa shape index (κ1) is 14.7. The maximum Gasteiger partial charge on any atom is 0.283 e. The quantitative estimate of drug-likeness (QED) is 0.556. The Morgan fingerprint density at radius 2 is 2.30 bits per heavy atom. The van der Waals surface area contributed by atoms with Crippen molar-refractivity contribution in [1.82, 2.24) is 10.6 Å². The van der Waals surface area contributed by atoms with Crippen LogP contribution in [0.15, 0.2) is 18.2 Å². The number of nitro benzene ring substituents is 1. The molecule has 1 saturated heterocycles. The summed E-state index contributed by atoms with van der Waals surface area (Å²) in [6, 6.07) is 3.89. The number of carbonyl (C=O) groups excluding carboxylic acids is 1. The van der Waals surface area contributed by atoms with Crippen LogP contribution < -0.4 is 10.6 Å². The standard InChI is InChI=1S/C12H14ClN3O4/c13-8-1-2-9(10(3-8)16(19)20)12(18)15-5-7-4-14-6-11(7)17/h1-3,7,11,14,17H,4-6H2,(H,15,18). The Morgan fingerprint density at radius 1 is 1.55 bits per heavy atom. The molecule has 0 spiro atoms. The Bertz CT molecular complexity index is 537. The minimum atomic E-state index is -0.646. The summed E-state index contributed by atoms with van der Waals surface area (Å²) in [6.07, 6.45) is -0.518. The number of aliphatic hydroxyl groups is 1. The highest BCUT2D eigenvalue weighted by molar-refractivity contribution is 6.31. The van der Waals surface area contributed by atoms with Crippen LogP contribution >= 0.6 is 11.6 Å². The minimum Gasteiger partial charge on any atom is -0.391 e. The van der Waals surface area contributed by atoms with Gasteiger partial charge < -0.3 is 15.7 Å². The maximum absolute atomic E-state index is 12.0. The second-order valence-corrected chi connectivity index (χ2v) is 5.05. The molecule has 1 aliphatic heterocycles. The maximum atomic E-state index is 12.0. The van der Waals surface area contributed by atoms with Gasteiger partial charge in [0.05, 0.1) is 11.0 Å². The number of rotatable bonds is 4. The fraction of sp³-hybridized carbons (Fsp3) is 0.417. The second kappa shape index (κ2) is 6.17. The number of aliphatic hydroxyl groups excluding tert-OH is 1. The monoisotopic (exact) mass is 299 g/mol. The molecule has 2 unspecified atom stereocenters. The van der Waals surface area contributed by atoms with Gasteiger partial charge in [-0.25, -0.2) is 0 Å². The summed E-state index contributed by atoms with van der Waals surface area (Å²) in [5, 5.41) is 26.3. The minimum absolute atomic E-state index is 0.0418. The first-order valence-electron chi connectivity index (χ1n) is 6.10. The van der Waals surface area contributed by atoms with Gasteiger partial charge in [-0.3, -0.25) is 14.9 Å². The van der Waals surface area contributed by atoms with Crippen molar-refractivity contribution in [3.63, 3.8) is 0 Å². The smallest absolute Gasteiger partial charge is 0.283 e. The van der Waals surface area contributed by atoms with Gasteiger partial charge >= 0.3 is 0 Å². The van der Waals surface area contributed by atoms with Crippen molar-refractivity contribution in [3.05, 3.63) is 38.9 Å². The highest BCUT2D eigenvalue weighted by Gasteiger charge is 2.26. The van der Waals surface area contributed by atoms with Gasteiger partial charge in [0, 0.05) is 36.6 Å². The molecular formula is C12H14ClN3O4. The summed E-state index contributed by atoms with van der Waals surface area (Å²) in [5.41, 5.74) is -0.375. The zero-order valence-electron chi connectivity index (χ0n) is 10.5. The topological polar surface area (TPSA) is 104 Å². The lowest BCUT2D eigenvalue weighted by atomic mass is 10.1. The van der Waals surface area contributed by atoms with Crippen molar-refractivity contribution in [2.24, 2.45) is 5.92 Å². The summed E-state index contributed by atoms with van der Waals surface area (Å²) < 4.78 is 0. The summed E-state index contributed by atoms with van der Waals surface area (Å²) >= 11 is 5.69. The van der Waals surface area contributed by atoms with Crippen molar-refractivity contribution in [3.8, 4) is 0 Å². The van der Waals surface area contributed by atoms with Gasteiger partial charge in [-0.1, -0.05) is 11.6 Å². The number of benzene rings is 1. The van der Waals surface area contributed by atoms with Crippen molar-refractivity contribution >= 4 is 23.2 Å². The molecule has 0 bridgehead atoms. The van der Waals surface area contributed by atoms with E-state index in [1.807, 2.05) is 0 Å². The molecule has 1 aromatic rings. The molecule has 0 saturated carbocycles. The lowest BCUT2D eigenvalue weighted by Crippen LogP contribution is -2.34. The van der Waals surface area contributed by atoms with Gasteiger partial charge in [-0.05, 0) is 12.1 Å². The number of amides is 1. The zero-order valence-corrected chi connectivity index (χ0v) is 11.3. The number of hydrogen-bond acceptors (Lipinski definition) is 5. The van der Waals surface area contributed by atoms with Gasteiger partial charge in [-0.2, -0.15) is 0 Å². The van der Waals surface area contributed by atoms with Crippen LogP contribution in [0, 0.1) is 16.0 Å². The molecule has 108 valence electrons. The Labute approximate surface area is 120 Å². The molecule has 1 fully saturated rings. The van der Waals surface area contributed by atoms with Crippen LogP contribution in [0.25, 0.3) is 0 Å². The first-order valence-corrected chi connectivity index (χ1v) is 6.47. The average molecular weight is 300 g/mol. The van der Waals surface area contributed by atoms with Crippen molar-refractivity contribution in [1.29, 1.82) is 0 Å². The average Bonchev–Trinajstić information content (AvgIpc) is 2.81. The fourth-order valence-electron chi connectivity index (χ4n) is 2.09. The molecule has 1 amide bonds. The largest absolute Gasteiger partial charge is 0.391 e. The molecule has 2 rings (SSSR count). The molecule has 3 N–H and O–H groups in total. The van der Waals surface area contributed by atoms with E-state index in [1.54, 1.807) is 0 Å². The van der Waals surface area contributed by atoms with Crippen LogP contribution in [-0.4, -0.2) is 41.7 Å². The molecule has 0 aliphatic carbocycles. The van der Waals surface area contributed by atoms with E-state index in [-0.39, 0.29) is 28.7 Å². The second-order valence-electron chi connectivity index (χ2n) is 4.61. The number of carbonyl (C=O) groups is 1.